The third kappa shape index (κ3) is 3.53. The van der Waals surface area contributed by atoms with E-state index in [1.165, 1.54) is 0 Å². The zero-order chi connectivity index (χ0) is 15.8. The fourth-order valence-corrected chi connectivity index (χ4v) is 4.26. The van der Waals surface area contributed by atoms with Crippen LogP contribution in [0.3, 0.4) is 0 Å². The highest BCUT2D eigenvalue weighted by atomic mass is 79.9. The number of amides is 1. The van der Waals surface area contributed by atoms with E-state index in [0.717, 1.165) is 0 Å². The Bertz CT molecular complexity index is 692. The Morgan fingerprint density at radius 1 is 1.48 bits per heavy atom. The summed E-state index contributed by atoms with van der Waals surface area (Å²) >= 11 is 2.71. The first-order chi connectivity index (χ1) is 9.71. The van der Waals surface area contributed by atoms with E-state index >= 15 is 0 Å². The molecule has 10 heteroatoms. The van der Waals surface area contributed by atoms with Gasteiger partial charge in [0.2, 0.25) is 0 Å². The smallest absolute Gasteiger partial charge is 0.265 e. The summed E-state index contributed by atoms with van der Waals surface area (Å²) in [5, 5.41) is 2.38. The van der Waals surface area contributed by atoms with Crippen LogP contribution in [0.1, 0.15) is 16.8 Å². The van der Waals surface area contributed by atoms with Crippen LogP contribution in [0.15, 0.2) is 15.4 Å². The largest absolute Gasteiger partial charge is 0.379 e. The van der Waals surface area contributed by atoms with Crippen LogP contribution in [0.5, 0.6) is 0 Å². The topological polar surface area (TPSA) is 72.5 Å². The highest BCUT2D eigenvalue weighted by Crippen LogP contribution is 2.31. The molecule has 2 rings (SSSR count). The van der Waals surface area contributed by atoms with E-state index in [-0.39, 0.29) is 12.6 Å². The second-order valence-corrected chi connectivity index (χ2v) is 7.69. The lowest BCUT2D eigenvalue weighted by Gasteiger charge is -2.13. The Hall–Kier alpha value is -0.770. The normalized spacial score (nSPS) is 18.8. The number of ether oxygens (including phenoxy) is 1. The van der Waals surface area contributed by atoms with Gasteiger partial charge in [-0.25, -0.2) is 17.2 Å². The summed E-state index contributed by atoms with van der Waals surface area (Å²) < 4.78 is 55.3. The minimum atomic E-state index is -4.49. The molecule has 1 unspecified atom stereocenters. The Kier molecular flexibility index (Phi) is 4.86. The number of hydrogen-bond acceptors (Lipinski definition) is 4. The maximum atomic E-state index is 14.2. The van der Waals surface area contributed by atoms with Gasteiger partial charge in [-0.05, 0) is 28.4 Å². The molecule has 0 aromatic heterocycles. The van der Waals surface area contributed by atoms with Crippen LogP contribution in [0.25, 0.3) is 0 Å². The van der Waals surface area contributed by atoms with Crippen molar-refractivity contribution in [3.05, 3.63) is 27.7 Å². The summed E-state index contributed by atoms with van der Waals surface area (Å²) in [5.41, 5.74) is -0.996. The van der Waals surface area contributed by atoms with Crippen LogP contribution in [0.2, 0.25) is 0 Å². The van der Waals surface area contributed by atoms with Gasteiger partial charge in [0.15, 0.2) is 5.82 Å². The molecule has 21 heavy (non-hydrogen) atoms. The van der Waals surface area contributed by atoms with Crippen LogP contribution < -0.4 is 5.32 Å². The minimum Gasteiger partial charge on any atom is -0.379 e. The van der Waals surface area contributed by atoms with Gasteiger partial charge in [-0.1, -0.05) is 0 Å². The standard InChI is InChI=1S/C11H9BrClF2NO4S/c12-6-3-7(14)8(9(15)10(6)21(13,18)19)11(17)16-5-1-2-20-4-5/h3,5H,1-2,4H2,(H,16,17). The first kappa shape index (κ1) is 16.6. The molecule has 116 valence electrons. The highest BCUT2D eigenvalue weighted by Gasteiger charge is 2.30. The lowest BCUT2D eigenvalue weighted by molar-refractivity contribution is 0.0920. The molecular formula is C11H9BrClF2NO4S. The molecule has 0 radical (unpaired) electrons. The van der Waals surface area contributed by atoms with Gasteiger partial charge in [0.1, 0.15) is 16.3 Å². The van der Waals surface area contributed by atoms with Crippen LogP contribution >= 0.6 is 26.6 Å². The fraction of sp³-hybridized carbons (Fsp3) is 0.364. The predicted octanol–water partition coefficient (Wildman–Crippen LogP) is 2.17. The van der Waals surface area contributed by atoms with Crippen molar-refractivity contribution < 1.29 is 26.7 Å². The second kappa shape index (κ2) is 6.15. The van der Waals surface area contributed by atoms with Crippen molar-refractivity contribution in [2.75, 3.05) is 13.2 Å². The molecule has 5 nitrogen and oxygen atoms in total. The summed E-state index contributed by atoms with van der Waals surface area (Å²) in [5.74, 6) is -3.79. The number of nitrogens with one attached hydrogen (secondary N) is 1. The Labute approximate surface area is 132 Å². The molecule has 1 saturated heterocycles. The molecule has 1 aliphatic heterocycles. The third-order valence-electron chi connectivity index (χ3n) is 2.86. The number of halogens is 4. The Morgan fingerprint density at radius 2 is 2.14 bits per heavy atom. The van der Waals surface area contributed by atoms with Crippen LogP contribution in [-0.4, -0.2) is 33.6 Å². The number of benzene rings is 1. The molecule has 1 aromatic rings. The SMILES string of the molecule is O=C(NC1CCOC1)c1c(F)cc(Br)c(S(=O)(=O)Cl)c1F. The van der Waals surface area contributed by atoms with E-state index < -0.39 is 41.5 Å². The number of carbonyl (C=O) groups excluding carboxylic acids is 1. The summed E-state index contributed by atoms with van der Waals surface area (Å²) in [7, 11) is 0.611. The monoisotopic (exact) mass is 403 g/mol. The minimum absolute atomic E-state index is 0.228. The Morgan fingerprint density at radius 3 is 2.67 bits per heavy atom. The van der Waals surface area contributed by atoms with Crippen molar-refractivity contribution in [2.24, 2.45) is 0 Å². The first-order valence-electron chi connectivity index (χ1n) is 5.72. The number of hydrogen-bond donors (Lipinski definition) is 1. The van der Waals surface area contributed by atoms with Gasteiger partial charge in [0, 0.05) is 21.8 Å². The van der Waals surface area contributed by atoms with Crippen molar-refractivity contribution in [2.45, 2.75) is 17.4 Å². The average Bonchev–Trinajstić information content (AvgIpc) is 2.78. The number of carbonyl (C=O) groups is 1. The molecule has 1 aromatic carbocycles. The van der Waals surface area contributed by atoms with E-state index in [2.05, 4.69) is 21.2 Å². The Balaban J connectivity index is 2.45. The van der Waals surface area contributed by atoms with Crippen molar-refractivity contribution >= 4 is 41.6 Å². The van der Waals surface area contributed by atoms with E-state index in [0.29, 0.717) is 19.1 Å². The molecule has 1 atom stereocenters. The summed E-state index contributed by atoms with van der Waals surface area (Å²) in [6.07, 6.45) is 0.506. The summed E-state index contributed by atoms with van der Waals surface area (Å²) in [6, 6.07) is 0.300. The summed E-state index contributed by atoms with van der Waals surface area (Å²) in [6.45, 7) is 0.656. The van der Waals surface area contributed by atoms with E-state index in [1.54, 1.807) is 0 Å². The van der Waals surface area contributed by atoms with Crippen molar-refractivity contribution in [1.29, 1.82) is 0 Å². The molecule has 1 fully saturated rings. The zero-order valence-electron chi connectivity index (χ0n) is 10.3. The van der Waals surface area contributed by atoms with Gasteiger partial charge in [0.25, 0.3) is 15.0 Å². The van der Waals surface area contributed by atoms with Gasteiger partial charge in [0.05, 0.1) is 12.6 Å². The van der Waals surface area contributed by atoms with Crippen LogP contribution in [0.4, 0.5) is 8.78 Å². The fourth-order valence-electron chi connectivity index (χ4n) is 1.91. The summed E-state index contributed by atoms with van der Waals surface area (Å²) in [4.78, 5) is 11.0. The predicted molar refractivity (Wildman–Crippen MR) is 73.8 cm³/mol. The van der Waals surface area contributed by atoms with Gasteiger partial charge < -0.3 is 10.1 Å². The lowest BCUT2D eigenvalue weighted by Crippen LogP contribution is -2.36. The molecule has 0 bridgehead atoms. The van der Waals surface area contributed by atoms with Crippen LogP contribution in [0, 0.1) is 11.6 Å². The molecule has 1 aliphatic rings. The molecule has 1 amide bonds. The molecule has 0 saturated carbocycles. The van der Waals surface area contributed by atoms with Crippen molar-refractivity contribution in [1.82, 2.24) is 5.32 Å². The lowest BCUT2D eigenvalue weighted by atomic mass is 10.1. The first-order valence-corrected chi connectivity index (χ1v) is 8.83. The maximum absolute atomic E-state index is 14.2. The molecule has 0 aliphatic carbocycles. The highest BCUT2D eigenvalue weighted by molar-refractivity contribution is 9.10. The maximum Gasteiger partial charge on any atom is 0.265 e. The van der Waals surface area contributed by atoms with E-state index in [9.17, 15) is 22.0 Å². The molecular weight excluding hydrogens is 396 g/mol. The van der Waals surface area contributed by atoms with Crippen LogP contribution in [-0.2, 0) is 13.8 Å². The molecule has 0 spiro atoms. The van der Waals surface area contributed by atoms with Gasteiger partial charge in [-0.3, -0.25) is 4.79 Å². The second-order valence-electron chi connectivity index (χ2n) is 4.33. The quantitative estimate of drug-likeness (QED) is 0.784. The molecule has 1 N–H and O–H groups in total. The van der Waals surface area contributed by atoms with E-state index in [1.807, 2.05) is 0 Å². The van der Waals surface area contributed by atoms with Gasteiger partial charge in [-0.15, -0.1) is 0 Å². The van der Waals surface area contributed by atoms with Crippen molar-refractivity contribution in [3.8, 4) is 0 Å². The number of rotatable bonds is 3. The van der Waals surface area contributed by atoms with Gasteiger partial charge >= 0.3 is 0 Å². The average molecular weight is 405 g/mol. The zero-order valence-corrected chi connectivity index (χ0v) is 13.5. The van der Waals surface area contributed by atoms with Gasteiger partial charge in [-0.2, -0.15) is 0 Å². The van der Waals surface area contributed by atoms with E-state index in [4.69, 9.17) is 15.4 Å². The van der Waals surface area contributed by atoms with Crippen molar-refractivity contribution in [3.63, 3.8) is 0 Å². The third-order valence-corrected chi connectivity index (χ3v) is 5.10. The molecule has 1 heterocycles.